The van der Waals surface area contributed by atoms with Crippen molar-refractivity contribution < 1.29 is 9.53 Å². The number of carbonyl (C=O) groups is 1. The van der Waals surface area contributed by atoms with Gasteiger partial charge >= 0.3 is 0 Å². The van der Waals surface area contributed by atoms with Crippen LogP contribution in [-0.2, 0) is 16.0 Å². The molecule has 1 aliphatic heterocycles. The number of carbonyl (C=O) groups excluding carboxylic acids is 1. The fourth-order valence-corrected chi connectivity index (χ4v) is 6.26. The molecule has 1 amide bonds. The number of morpholine rings is 1. The molecule has 7 heteroatoms. The molecule has 188 valence electrons. The second-order valence-electron chi connectivity index (χ2n) is 10.1. The highest BCUT2D eigenvalue weighted by Gasteiger charge is 2.21. The van der Waals surface area contributed by atoms with Gasteiger partial charge in [0.15, 0.2) is 4.96 Å². The highest BCUT2D eigenvalue weighted by atomic mass is 32.1. The lowest BCUT2D eigenvalue weighted by molar-refractivity contribution is -0.131. The summed E-state index contributed by atoms with van der Waals surface area (Å²) in [5.74, 6) is 1.07. The molecular formula is C28H38N4O2S. The van der Waals surface area contributed by atoms with Crippen LogP contribution in [0.1, 0.15) is 49.8 Å². The molecule has 5 rings (SSSR count). The van der Waals surface area contributed by atoms with Crippen LogP contribution in [0.5, 0.6) is 0 Å². The van der Waals surface area contributed by atoms with E-state index in [1.165, 1.54) is 36.9 Å². The summed E-state index contributed by atoms with van der Waals surface area (Å²) in [5.41, 5.74) is 4.64. The van der Waals surface area contributed by atoms with Gasteiger partial charge in [0, 0.05) is 68.4 Å². The maximum atomic E-state index is 13.3. The van der Waals surface area contributed by atoms with Crippen molar-refractivity contribution in [2.45, 2.75) is 51.9 Å². The number of ether oxygens (including phenoxy) is 1. The summed E-state index contributed by atoms with van der Waals surface area (Å²) in [5, 5.41) is 2.20. The SMILES string of the molecule is Cc1ccc(-c2cn3c(CCN(CCN4CCOCC4)C(=O)CCC4CCCC4)csc3n2)cc1. The lowest BCUT2D eigenvalue weighted by atomic mass is 10.0. The summed E-state index contributed by atoms with van der Waals surface area (Å²) in [6, 6.07) is 8.54. The van der Waals surface area contributed by atoms with Crippen molar-refractivity contribution >= 4 is 22.2 Å². The molecule has 0 atom stereocenters. The molecule has 2 aromatic heterocycles. The molecular weight excluding hydrogens is 456 g/mol. The predicted octanol–water partition coefficient (Wildman–Crippen LogP) is 5.04. The van der Waals surface area contributed by atoms with E-state index in [4.69, 9.17) is 9.72 Å². The lowest BCUT2D eigenvalue weighted by Crippen LogP contribution is -2.43. The van der Waals surface area contributed by atoms with Crippen molar-refractivity contribution in [1.82, 2.24) is 19.2 Å². The van der Waals surface area contributed by atoms with Gasteiger partial charge in [-0.1, -0.05) is 55.5 Å². The number of amides is 1. The summed E-state index contributed by atoms with van der Waals surface area (Å²) in [6.07, 6.45) is 10.0. The van der Waals surface area contributed by atoms with E-state index in [1.54, 1.807) is 11.3 Å². The molecule has 3 aromatic rings. The van der Waals surface area contributed by atoms with Gasteiger partial charge in [-0.15, -0.1) is 11.3 Å². The zero-order valence-corrected chi connectivity index (χ0v) is 21.8. The van der Waals surface area contributed by atoms with Crippen molar-refractivity contribution in [2.24, 2.45) is 5.92 Å². The summed E-state index contributed by atoms with van der Waals surface area (Å²) in [4.78, 5) is 23.7. The minimum atomic E-state index is 0.322. The first-order valence-corrected chi connectivity index (χ1v) is 14.1. The average Bonchev–Trinajstić information content (AvgIpc) is 3.62. The van der Waals surface area contributed by atoms with Crippen LogP contribution in [0, 0.1) is 12.8 Å². The van der Waals surface area contributed by atoms with Crippen molar-refractivity contribution in [3.05, 3.63) is 47.1 Å². The Bertz CT molecular complexity index is 1090. The van der Waals surface area contributed by atoms with E-state index in [9.17, 15) is 4.79 Å². The highest BCUT2D eigenvalue weighted by Crippen LogP contribution is 2.29. The van der Waals surface area contributed by atoms with Crippen molar-refractivity contribution in [3.63, 3.8) is 0 Å². The molecule has 1 saturated carbocycles. The third-order valence-electron chi connectivity index (χ3n) is 7.65. The van der Waals surface area contributed by atoms with Crippen molar-refractivity contribution in [2.75, 3.05) is 45.9 Å². The number of hydrogen-bond acceptors (Lipinski definition) is 5. The summed E-state index contributed by atoms with van der Waals surface area (Å²) < 4.78 is 7.71. The van der Waals surface area contributed by atoms with Crippen LogP contribution in [-0.4, -0.2) is 71.0 Å². The molecule has 1 aliphatic carbocycles. The number of aromatic nitrogens is 2. The second kappa shape index (κ2) is 11.7. The first-order chi connectivity index (χ1) is 17.2. The number of hydrogen-bond donors (Lipinski definition) is 0. The molecule has 35 heavy (non-hydrogen) atoms. The third-order valence-corrected chi connectivity index (χ3v) is 8.54. The first-order valence-electron chi connectivity index (χ1n) is 13.3. The van der Waals surface area contributed by atoms with Gasteiger partial charge < -0.3 is 9.64 Å². The number of aryl methyl sites for hydroxylation is 1. The van der Waals surface area contributed by atoms with Crippen LogP contribution in [0.15, 0.2) is 35.8 Å². The Morgan fingerprint density at radius 1 is 1.14 bits per heavy atom. The average molecular weight is 495 g/mol. The largest absolute Gasteiger partial charge is 0.379 e. The second-order valence-corrected chi connectivity index (χ2v) is 11.0. The zero-order valence-electron chi connectivity index (χ0n) is 21.0. The Labute approximate surface area is 212 Å². The van der Waals surface area contributed by atoms with Gasteiger partial charge in [-0.05, 0) is 19.3 Å². The van der Waals surface area contributed by atoms with E-state index in [1.807, 2.05) is 0 Å². The van der Waals surface area contributed by atoms with Crippen molar-refractivity contribution in [3.8, 4) is 11.3 Å². The molecule has 1 aromatic carbocycles. The van der Waals surface area contributed by atoms with Crippen LogP contribution < -0.4 is 0 Å². The van der Waals surface area contributed by atoms with E-state index in [-0.39, 0.29) is 0 Å². The van der Waals surface area contributed by atoms with Crippen LogP contribution in [0.4, 0.5) is 0 Å². The number of fused-ring (bicyclic) bond motifs is 1. The molecule has 1 saturated heterocycles. The molecule has 3 heterocycles. The van der Waals surface area contributed by atoms with Gasteiger partial charge in [0.2, 0.25) is 5.91 Å². The predicted molar refractivity (Wildman–Crippen MR) is 142 cm³/mol. The normalized spacial score (nSPS) is 17.4. The van der Waals surface area contributed by atoms with Gasteiger partial charge in [-0.2, -0.15) is 0 Å². The topological polar surface area (TPSA) is 50.1 Å². The minimum Gasteiger partial charge on any atom is -0.379 e. The zero-order chi connectivity index (χ0) is 24.0. The number of benzene rings is 1. The van der Waals surface area contributed by atoms with E-state index in [2.05, 4.69) is 57.0 Å². The van der Waals surface area contributed by atoms with E-state index < -0.39 is 0 Å². The smallest absolute Gasteiger partial charge is 0.222 e. The van der Waals surface area contributed by atoms with Crippen LogP contribution >= 0.6 is 11.3 Å². The molecule has 6 nitrogen and oxygen atoms in total. The molecule has 0 unspecified atom stereocenters. The Morgan fingerprint density at radius 3 is 2.69 bits per heavy atom. The van der Waals surface area contributed by atoms with Gasteiger partial charge in [0.1, 0.15) is 0 Å². The number of imidazole rings is 1. The number of thiazole rings is 1. The van der Waals surface area contributed by atoms with Gasteiger partial charge in [0.05, 0.1) is 18.9 Å². The van der Waals surface area contributed by atoms with Crippen LogP contribution in [0.2, 0.25) is 0 Å². The number of rotatable bonds is 10. The maximum Gasteiger partial charge on any atom is 0.222 e. The van der Waals surface area contributed by atoms with Crippen LogP contribution in [0.25, 0.3) is 16.2 Å². The Hall–Kier alpha value is -2.22. The Morgan fingerprint density at radius 2 is 1.91 bits per heavy atom. The fourth-order valence-electron chi connectivity index (χ4n) is 5.35. The summed E-state index contributed by atoms with van der Waals surface area (Å²) in [6.45, 7) is 8.12. The molecule has 0 N–H and O–H groups in total. The monoisotopic (exact) mass is 494 g/mol. The van der Waals surface area contributed by atoms with Gasteiger partial charge in [-0.25, -0.2) is 4.98 Å². The first kappa shape index (κ1) is 24.5. The molecule has 0 spiro atoms. The van der Waals surface area contributed by atoms with Crippen molar-refractivity contribution in [1.29, 1.82) is 0 Å². The standard InChI is InChI=1S/C28H38N4O2S/c1-22-6-9-24(10-7-22)26-20-32-25(21-35-28(32)29-26)12-13-31(15-14-30-16-18-34-19-17-30)27(33)11-8-23-4-2-3-5-23/h6-7,9-10,20-21,23H,2-5,8,11-19H2,1H3. The highest BCUT2D eigenvalue weighted by molar-refractivity contribution is 7.15. The van der Waals surface area contributed by atoms with Gasteiger partial charge in [0.25, 0.3) is 0 Å². The lowest BCUT2D eigenvalue weighted by Gasteiger charge is -2.30. The van der Waals surface area contributed by atoms with Crippen LogP contribution in [0.3, 0.4) is 0 Å². The Balaban J connectivity index is 1.24. The Kier molecular flexibility index (Phi) is 8.16. The summed E-state index contributed by atoms with van der Waals surface area (Å²) in [7, 11) is 0. The molecule has 2 fully saturated rings. The quantitative estimate of drug-likeness (QED) is 0.396. The van der Waals surface area contributed by atoms with E-state index in [0.29, 0.717) is 12.3 Å². The maximum absolute atomic E-state index is 13.3. The molecule has 2 aliphatic rings. The van der Waals surface area contributed by atoms with E-state index in [0.717, 1.165) is 80.9 Å². The van der Waals surface area contributed by atoms with E-state index >= 15 is 0 Å². The van der Waals surface area contributed by atoms with Gasteiger partial charge in [-0.3, -0.25) is 14.1 Å². The molecule has 0 radical (unpaired) electrons. The minimum absolute atomic E-state index is 0.322. The summed E-state index contributed by atoms with van der Waals surface area (Å²) >= 11 is 1.68. The third kappa shape index (κ3) is 6.32. The number of nitrogens with zero attached hydrogens (tertiary/aromatic N) is 4. The molecule has 0 bridgehead atoms. The fraction of sp³-hybridized carbons (Fsp3) is 0.571.